The van der Waals surface area contributed by atoms with Gasteiger partial charge in [0, 0.05) is 12.5 Å². The standard InChI is InChI=1S/C13H21NO/c1-13(2,3)11-8-4-6-10-7-5-9-14(10)12(11)15/h4,6,10-11H,5,7-9H2,1-3H3. The Balaban J connectivity index is 2.23. The first-order valence-corrected chi connectivity index (χ1v) is 5.97. The number of rotatable bonds is 0. The van der Waals surface area contributed by atoms with Gasteiger partial charge in [-0.2, -0.15) is 0 Å². The Morgan fingerprint density at radius 1 is 1.40 bits per heavy atom. The van der Waals surface area contributed by atoms with Crippen LogP contribution in [-0.4, -0.2) is 23.4 Å². The highest BCUT2D eigenvalue weighted by atomic mass is 16.2. The van der Waals surface area contributed by atoms with Crippen molar-refractivity contribution in [2.24, 2.45) is 11.3 Å². The molecule has 0 bridgehead atoms. The van der Waals surface area contributed by atoms with E-state index in [1.165, 1.54) is 0 Å². The fourth-order valence-corrected chi connectivity index (χ4v) is 2.66. The number of amides is 1. The highest BCUT2D eigenvalue weighted by Gasteiger charge is 2.38. The van der Waals surface area contributed by atoms with Gasteiger partial charge in [-0.3, -0.25) is 4.79 Å². The van der Waals surface area contributed by atoms with Crippen LogP contribution in [0.15, 0.2) is 12.2 Å². The highest BCUT2D eigenvalue weighted by Crippen LogP contribution is 2.35. The summed E-state index contributed by atoms with van der Waals surface area (Å²) in [5.74, 6) is 0.534. The van der Waals surface area contributed by atoms with E-state index in [0.717, 1.165) is 25.8 Å². The molecule has 2 heteroatoms. The predicted octanol–water partition coefficient (Wildman–Crippen LogP) is 2.60. The van der Waals surface area contributed by atoms with Crippen LogP contribution in [0.1, 0.15) is 40.0 Å². The van der Waals surface area contributed by atoms with Gasteiger partial charge in [-0.05, 0) is 24.7 Å². The number of fused-ring (bicyclic) bond motifs is 1. The van der Waals surface area contributed by atoms with Gasteiger partial charge in [0.25, 0.3) is 0 Å². The summed E-state index contributed by atoms with van der Waals surface area (Å²) in [6, 6.07) is 0.393. The molecule has 0 aromatic carbocycles. The van der Waals surface area contributed by atoms with Crippen LogP contribution >= 0.6 is 0 Å². The Labute approximate surface area is 92.3 Å². The molecule has 0 N–H and O–H groups in total. The zero-order valence-corrected chi connectivity index (χ0v) is 9.99. The molecule has 2 aliphatic rings. The largest absolute Gasteiger partial charge is 0.336 e. The van der Waals surface area contributed by atoms with Crippen molar-refractivity contribution in [1.29, 1.82) is 0 Å². The van der Waals surface area contributed by atoms with Gasteiger partial charge in [0.15, 0.2) is 0 Å². The molecule has 0 spiro atoms. The first kappa shape index (κ1) is 10.7. The molecule has 2 atom stereocenters. The van der Waals surface area contributed by atoms with E-state index in [9.17, 15) is 4.79 Å². The van der Waals surface area contributed by atoms with Crippen molar-refractivity contribution in [3.05, 3.63) is 12.2 Å². The van der Waals surface area contributed by atoms with E-state index in [0.29, 0.717) is 11.9 Å². The van der Waals surface area contributed by atoms with Crippen molar-refractivity contribution in [2.45, 2.75) is 46.1 Å². The SMILES string of the molecule is CC(C)(C)C1CC=CC2CCCN2C1=O. The minimum atomic E-state index is 0.0822. The number of carbonyl (C=O) groups is 1. The van der Waals surface area contributed by atoms with Crippen molar-refractivity contribution < 1.29 is 4.79 Å². The van der Waals surface area contributed by atoms with E-state index in [1.807, 2.05) is 0 Å². The van der Waals surface area contributed by atoms with Crippen molar-refractivity contribution in [2.75, 3.05) is 6.54 Å². The molecular weight excluding hydrogens is 186 g/mol. The van der Waals surface area contributed by atoms with E-state index in [1.54, 1.807) is 0 Å². The van der Waals surface area contributed by atoms with E-state index < -0.39 is 0 Å². The number of hydrogen-bond acceptors (Lipinski definition) is 1. The van der Waals surface area contributed by atoms with Gasteiger partial charge in [-0.25, -0.2) is 0 Å². The molecule has 2 rings (SSSR count). The minimum Gasteiger partial charge on any atom is -0.336 e. The van der Waals surface area contributed by atoms with Crippen LogP contribution in [0.2, 0.25) is 0 Å². The van der Waals surface area contributed by atoms with Gasteiger partial charge in [0.1, 0.15) is 0 Å². The van der Waals surface area contributed by atoms with Gasteiger partial charge < -0.3 is 4.90 Å². The fourth-order valence-electron chi connectivity index (χ4n) is 2.66. The maximum absolute atomic E-state index is 12.4. The lowest BCUT2D eigenvalue weighted by Gasteiger charge is -2.32. The maximum Gasteiger partial charge on any atom is 0.227 e. The second-order valence-electron chi connectivity index (χ2n) is 5.82. The summed E-state index contributed by atoms with van der Waals surface area (Å²) in [6.45, 7) is 7.46. The van der Waals surface area contributed by atoms with Crippen LogP contribution in [0.25, 0.3) is 0 Å². The maximum atomic E-state index is 12.4. The molecule has 2 aliphatic heterocycles. The summed E-state index contributed by atoms with van der Waals surface area (Å²) in [6.07, 6.45) is 7.67. The van der Waals surface area contributed by atoms with Crippen molar-refractivity contribution in [3.8, 4) is 0 Å². The monoisotopic (exact) mass is 207 g/mol. The molecule has 1 fully saturated rings. The summed E-state index contributed by atoms with van der Waals surface area (Å²) in [5.41, 5.74) is 0.0822. The molecule has 15 heavy (non-hydrogen) atoms. The average Bonchev–Trinajstić information content (AvgIpc) is 2.52. The zero-order valence-electron chi connectivity index (χ0n) is 9.99. The van der Waals surface area contributed by atoms with Crippen molar-refractivity contribution in [3.63, 3.8) is 0 Å². The van der Waals surface area contributed by atoms with E-state index >= 15 is 0 Å². The Bertz CT molecular complexity index is 287. The summed E-state index contributed by atoms with van der Waals surface area (Å²) >= 11 is 0. The third-order valence-electron chi connectivity index (χ3n) is 3.66. The van der Waals surface area contributed by atoms with Gasteiger partial charge >= 0.3 is 0 Å². The minimum absolute atomic E-state index is 0.0822. The Morgan fingerprint density at radius 2 is 2.13 bits per heavy atom. The van der Waals surface area contributed by atoms with Gasteiger partial charge in [0.05, 0.1) is 6.04 Å². The van der Waals surface area contributed by atoms with Crippen LogP contribution in [0.3, 0.4) is 0 Å². The lowest BCUT2D eigenvalue weighted by molar-refractivity contribution is -0.138. The zero-order chi connectivity index (χ0) is 11.1. The third kappa shape index (κ3) is 1.95. The lowest BCUT2D eigenvalue weighted by Crippen LogP contribution is -2.41. The topological polar surface area (TPSA) is 20.3 Å². The fraction of sp³-hybridized carbons (Fsp3) is 0.769. The molecule has 84 valence electrons. The van der Waals surface area contributed by atoms with Crippen LogP contribution in [0.4, 0.5) is 0 Å². The van der Waals surface area contributed by atoms with E-state index in [-0.39, 0.29) is 11.3 Å². The normalized spacial score (nSPS) is 31.7. The molecule has 1 amide bonds. The lowest BCUT2D eigenvalue weighted by atomic mass is 9.78. The number of hydrogen-bond donors (Lipinski definition) is 0. The quantitative estimate of drug-likeness (QED) is 0.559. The molecule has 2 heterocycles. The van der Waals surface area contributed by atoms with E-state index in [2.05, 4.69) is 37.8 Å². The van der Waals surface area contributed by atoms with Crippen LogP contribution in [0, 0.1) is 11.3 Å². The molecule has 1 saturated heterocycles. The smallest absolute Gasteiger partial charge is 0.227 e. The van der Waals surface area contributed by atoms with Gasteiger partial charge in [0.2, 0.25) is 5.91 Å². The second kappa shape index (κ2) is 3.66. The summed E-state index contributed by atoms with van der Waals surface area (Å²) < 4.78 is 0. The average molecular weight is 207 g/mol. The molecule has 0 aliphatic carbocycles. The van der Waals surface area contributed by atoms with Crippen molar-refractivity contribution >= 4 is 5.91 Å². The Morgan fingerprint density at radius 3 is 2.80 bits per heavy atom. The molecule has 0 aromatic rings. The number of carbonyl (C=O) groups excluding carboxylic acids is 1. The van der Waals surface area contributed by atoms with Crippen LogP contribution in [-0.2, 0) is 4.79 Å². The first-order chi connectivity index (χ1) is 7.00. The summed E-state index contributed by atoms with van der Waals surface area (Å²) in [5, 5.41) is 0. The summed E-state index contributed by atoms with van der Waals surface area (Å²) in [4.78, 5) is 14.4. The molecule has 0 radical (unpaired) electrons. The van der Waals surface area contributed by atoms with Gasteiger partial charge in [-0.15, -0.1) is 0 Å². The van der Waals surface area contributed by atoms with Crippen molar-refractivity contribution in [1.82, 2.24) is 4.90 Å². The molecule has 0 saturated carbocycles. The third-order valence-corrected chi connectivity index (χ3v) is 3.66. The molecule has 2 nitrogen and oxygen atoms in total. The number of allylic oxidation sites excluding steroid dienone is 1. The van der Waals surface area contributed by atoms with Gasteiger partial charge in [-0.1, -0.05) is 32.9 Å². The molecule has 0 aromatic heterocycles. The van der Waals surface area contributed by atoms with Crippen LogP contribution < -0.4 is 0 Å². The van der Waals surface area contributed by atoms with E-state index in [4.69, 9.17) is 0 Å². The second-order valence-corrected chi connectivity index (χ2v) is 5.82. The first-order valence-electron chi connectivity index (χ1n) is 5.97. The number of nitrogens with zero attached hydrogens (tertiary/aromatic N) is 1. The predicted molar refractivity (Wildman–Crippen MR) is 61.4 cm³/mol. The highest BCUT2D eigenvalue weighted by molar-refractivity contribution is 5.81. The summed E-state index contributed by atoms with van der Waals surface area (Å²) in [7, 11) is 0. The Kier molecular flexibility index (Phi) is 2.61. The molecular formula is C13H21NO. The Hall–Kier alpha value is -0.790. The molecule has 2 unspecified atom stereocenters. The van der Waals surface area contributed by atoms with Crippen LogP contribution in [0.5, 0.6) is 0 Å².